The van der Waals surface area contributed by atoms with E-state index in [0.29, 0.717) is 0 Å². The minimum atomic E-state index is -0.303. The van der Waals surface area contributed by atoms with E-state index in [-0.39, 0.29) is 5.72 Å². The standard InChI is InChI=1S/C9H12N2O/c1-9(11-6-7-12-9)8-2-4-10-5-3-8/h2-5,11H,6-7H2,1H3. The number of nitrogens with one attached hydrogen (secondary N) is 1. The maximum atomic E-state index is 5.59. The van der Waals surface area contributed by atoms with Crippen molar-refractivity contribution in [2.45, 2.75) is 12.6 Å². The van der Waals surface area contributed by atoms with Crippen molar-refractivity contribution in [1.29, 1.82) is 0 Å². The van der Waals surface area contributed by atoms with Crippen molar-refractivity contribution in [2.75, 3.05) is 13.2 Å². The van der Waals surface area contributed by atoms with Gasteiger partial charge in [-0.2, -0.15) is 0 Å². The molecule has 1 aliphatic heterocycles. The summed E-state index contributed by atoms with van der Waals surface area (Å²) in [6.45, 7) is 3.73. The van der Waals surface area contributed by atoms with Gasteiger partial charge in [-0.05, 0) is 19.1 Å². The Balaban J connectivity index is 2.29. The van der Waals surface area contributed by atoms with Gasteiger partial charge >= 0.3 is 0 Å². The second-order valence-electron chi connectivity index (χ2n) is 3.04. The topological polar surface area (TPSA) is 34.2 Å². The Morgan fingerprint density at radius 1 is 1.50 bits per heavy atom. The van der Waals surface area contributed by atoms with Gasteiger partial charge < -0.3 is 4.74 Å². The number of rotatable bonds is 1. The molecule has 1 N–H and O–H groups in total. The van der Waals surface area contributed by atoms with E-state index in [9.17, 15) is 0 Å². The fourth-order valence-electron chi connectivity index (χ4n) is 1.45. The van der Waals surface area contributed by atoms with E-state index in [1.54, 1.807) is 12.4 Å². The lowest BCUT2D eigenvalue weighted by atomic mass is 10.1. The highest BCUT2D eigenvalue weighted by molar-refractivity contribution is 5.18. The molecule has 2 heterocycles. The summed E-state index contributed by atoms with van der Waals surface area (Å²) in [5, 5.41) is 3.30. The molecule has 0 spiro atoms. The van der Waals surface area contributed by atoms with E-state index in [0.717, 1.165) is 18.7 Å². The highest BCUT2D eigenvalue weighted by Gasteiger charge is 2.30. The maximum Gasteiger partial charge on any atom is 0.142 e. The monoisotopic (exact) mass is 164 g/mol. The largest absolute Gasteiger partial charge is 0.355 e. The predicted octanol–water partition coefficient (Wildman–Crippen LogP) is 0.874. The summed E-state index contributed by atoms with van der Waals surface area (Å²) in [5.74, 6) is 0. The molecule has 3 nitrogen and oxygen atoms in total. The SMILES string of the molecule is CC1(c2ccncc2)NCCO1. The Morgan fingerprint density at radius 2 is 2.25 bits per heavy atom. The van der Waals surface area contributed by atoms with E-state index in [1.165, 1.54) is 0 Å². The zero-order valence-electron chi connectivity index (χ0n) is 7.08. The van der Waals surface area contributed by atoms with Crippen LogP contribution in [-0.4, -0.2) is 18.1 Å². The van der Waals surface area contributed by atoms with Crippen LogP contribution in [-0.2, 0) is 10.5 Å². The number of nitrogens with zero attached hydrogens (tertiary/aromatic N) is 1. The van der Waals surface area contributed by atoms with Crippen LogP contribution in [0.2, 0.25) is 0 Å². The third kappa shape index (κ3) is 1.21. The van der Waals surface area contributed by atoms with Crippen LogP contribution in [0.5, 0.6) is 0 Å². The van der Waals surface area contributed by atoms with Crippen LogP contribution in [0.1, 0.15) is 12.5 Å². The predicted molar refractivity (Wildman–Crippen MR) is 45.5 cm³/mol. The highest BCUT2D eigenvalue weighted by atomic mass is 16.5. The summed E-state index contributed by atoms with van der Waals surface area (Å²) >= 11 is 0. The minimum absolute atomic E-state index is 0.303. The normalized spacial score (nSPS) is 29.1. The average Bonchev–Trinajstić information content (AvgIpc) is 2.55. The molecule has 0 aromatic carbocycles. The summed E-state index contributed by atoms with van der Waals surface area (Å²) in [4.78, 5) is 3.96. The van der Waals surface area contributed by atoms with Gasteiger partial charge in [-0.3, -0.25) is 10.3 Å². The molecule has 0 bridgehead atoms. The van der Waals surface area contributed by atoms with Gasteiger partial charge in [-0.15, -0.1) is 0 Å². The molecular formula is C9H12N2O. The second kappa shape index (κ2) is 2.84. The quantitative estimate of drug-likeness (QED) is 0.669. The first-order valence-electron chi connectivity index (χ1n) is 4.11. The van der Waals surface area contributed by atoms with E-state index < -0.39 is 0 Å². The van der Waals surface area contributed by atoms with Crippen molar-refractivity contribution < 1.29 is 4.74 Å². The van der Waals surface area contributed by atoms with Crippen LogP contribution in [0.15, 0.2) is 24.5 Å². The molecule has 0 radical (unpaired) electrons. The van der Waals surface area contributed by atoms with Crippen LogP contribution in [0.25, 0.3) is 0 Å². The first-order valence-corrected chi connectivity index (χ1v) is 4.11. The van der Waals surface area contributed by atoms with Gasteiger partial charge in [0.05, 0.1) is 6.61 Å². The molecule has 12 heavy (non-hydrogen) atoms. The Labute approximate surface area is 71.8 Å². The van der Waals surface area contributed by atoms with Gasteiger partial charge in [0.2, 0.25) is 0 Å². The van der Waals surface area contributed by atoms with Crippen LogP contribution < -0.4 is 5.32 Å². The van der Waals surface area contributed by atoms with E-state index in [1.807, 2.05) is 19.1 Å². The molecule has 1 aromatic rings. The summed E-state index contributed by atoms with van der Waals surface area (Å²) in [5.41, 5.74) is 0.832. The van der Waals surface area contributed by atoms with Crippen LogP contribution in [0.4, 0.5) is 0 Å². The lowest BCUT2D eigenvalue weighted by Gasteiger charge is -2.23. The van der Waals surface area contributed by atoms with Gasteiger partial charge in [0.1, 0.15) is 5.72 Å². The van der Waals surface area contributed by atoms with Crippen LogP contribution >= 0.6 is 0 Å². The maximum absolute atomic E-state index is 5.59. The lowest BCUT2D eigenvalue weighted by Crippen LogP contribution is -2.34. The molecule has 3 heteroatoms. The molecule has 1 unspecified atom stereocenters. The van der Waals surface area contributed by atoms with Gasteiger partial charge in [0.15, 0.2) is 0 Å². The van der Waals surface area contributed by atoms with Crippen molar-refractivity contribution in [3.05, 3.63) is 30.1 Å². The molecule has 64 valence electrons. The summed E-state index contributed by atoms with van der Waals surface area (Å²) < 4.78 is 5.59. The molecule has 0 saturated carbocycles. The van der Waals surface area contributed by atoms with Crippen molar-refractivity contribution >= 4 is 0 Å². The van der Waals surface area contributed by atoms with Crippen molar-refractivity contribution in [2.24, 2.45) is 0 Å². The fraction of sp³-hybridized carbons (Fsp3) is 0.444. The first kappa shape index (κ1) is 7.71. The molecule has 1 aliphatic rings. The average molecular weight is 164 g/mol. The lowest BCUT2D eigenvalue weighted by molar-refractivity contribution is 0.00241. The third-order valence-electron chi connectivity index (χ3n) is 2.19. The number of hydrogen-bond acceptors (Lipinski definition) is 3. The van der Waals surface area contributed by atoms with E-state index in [4.69, 9.17) is 4.74 Å². The fourth-order valence-corrected chi connectivity index (χ4v) is 1.45. The Morgan fingerprint density at radius 3 is 2.83 bits per heavy atom. The molecule has 1 aromatic heterocycles. The summed E-state index contributed by atoms with van der Waals surface area (Å²) in [6.07, 6.45) is 3.56. The molecule has 0 amide bonds. The van der Waals surface area contributed by atoms with E-state index in [2.05, 4.69) is 10.3 Å². The Hall–Kier alpha value is -0.930. The molecule has 2 rings (SSSR count). The van der Waals surface area contributed by atoms with Crippen molar-refractivity contribution in [3.63, 3.8) is 0 Å². The summed E-state index contributed by atoms with van der Waals surface area (Å²) in [7, 11) is 0. The van der Waals surface area contributed by atoms with Crippen LogP contribution in [0, 0.1) is 0 Å². The zero-order chi connectivity index (χ0) is 8.44. The third-order valence-corrected chi connectivity index (χ3v) is 2.19. The summed E-state index contributed by atoms with van der Waals surface area (Å²) in [6, 6.07) is 3.94. The van der Waals surface area contributed by atoms with Crippen molar-refractivity contribution in [1.82, 2.24) is 10.3 Å². The number of hydrogen-bond donors (Lipinski definition) is 1. The molecule has 1 atom stereocenters. The minimum Gasteiger partial charge on any atom is -0.355 e. The second-order valence-corrected chi connectivity index (χ2v) is 3.04. The van der Waals surface area contributed by atoms with Gasteiger partial charge in [-0.1, -0.05) is 0 Å². The highest BCUT2D eigenvalue weighted by Crippen LogP contribution is 2.24. The van der Waals surface area contributed by atoms with Gasteiger partial charge in [0, 0.05) is 24.5 Å². The molecule has 0 aliphatic carbocycles. The molecular weight excluding hydrogens is 152 g/mol. The molecule has 1 saturated heterocycles. The smallest absolute Gasteiger partial charge is 0.142 e. The number of pyridine rings is 1. The van der Waals surface area contributed by atoms with Crippen molar-refractivity contribution in [3.8, 4) is 0 Å². The number of ether oxygens (including phenoxy) is 1. The van der Waals surface area contributed by atoms with Crippen LogP contribution in [0.3, 0.4) is 0 Å². The van der Waals surface area contributed by atoms with Gasteiger partial charge in [0.25, 0.3) is 0 Å². The Kier molecular flexibility index (Phi) is 1.83. The molecule has 1 fully saturated rings. The Bertz CT molecular complexity index is 254. The van der Waals surface area contributed by atoms with E-state index >= 15 is 0 Å². The number of aromatic nitrogens is 1. The van der Waals surface area contributed by atoms with Gasteiger partial charge in [-0.25, -0.2) is 0 Å². The first-order chi connectivity index (χ1) is 5.81. The zero-order valence-corrected chi connectivity index (χ0v) is 7.08.